The Bertz CT molecular complexity index is 647. The molecule has 0 bridgehead atoms. The van der Waals surface area contributed by atoms with Crippen molar-refractivity contribution in [2.24, 2.45) is 0 Å². The molecule has 3 nitrogen and oxygen atoms in total. The van der Waals surface area contributed by atoms with Crippen LogP contribution in [0.4, 0.5) is 4.39 Å². The molecule has 0 radical (unpaired) electrons. The Labute approximate surface area is 106 Å². The predicted octanol–water partition coefficient (Wildman–Crippen LogP) is 2.94. The molecule has 2 rings (SSSR count). The molecule has 0 fully saturated rings. The summed E-state index contributed by atoms with van der Waals surface area (Å²) in [5.41, 5.74) is 1.19. The van der Waals surface area contributed by atoms with Crippen LogP contribution in [0.3, 0.4) is 0 Å². The second kappa shape index (κ2) is 5.08. The minimum Gasteiger partial charge on any atom is -0.302 e. The highest BCUT2D eigenvalue weighted by Gasteiger charge is 2.07. The number of hydrogen-bond donors (Lipinski definition) is 1. The van der Waals surface area contributed by atoms with Gasteiger partial charge in [-0.05, 0) is 29.8 Å². The van der Waals surface area contributed by atoms with Crippen molar-refractivity contribution >= 4 is 11.1 Å². The van der Waals surface area contributed by atoms with Gasteiger partial charge >= 0.3 is 0 Å². The Morgan fingerprint density at radius 1 is 1.17 bits per heavy atom. The standard InChI is InChI=1S/C13H8FNO2S/c14-13-7-9(8-15)1-6-12(13)10-2-4-11(5-3-10)18(16)17/h1-7H,(H,16,17). The average molecular weight is 261 g/mol. The molecule has 0 spiro atoms. The van der Waals surface area contributed by atoms with E-state index in [0.29, 0.717) is 11.1 Å². The molecule has 1 unspecified atom stereocenters. The highest BCUT2D eigenvalue weighted by Crippen LogP contribution is 2.24. The van der Waals surface area contributed by atoms with Crippen LogP contribution in [-0.4, -0.2) is 8.76 Å². The Kier molecular flexibility index (Phi) is 3.51. The van der Waals surface area contributed by atoms with E-state index in [1.807, 2.05) is 6.07 Å². The maximum absolute atomic E-state index is 13.7. The van der Waals surface area contributed by atoms with Crippen molar-refractivity contribution in [1.29, 1.82) is 5.26 Å². The third kappa shape index (κ3) is 2.45. The lowest BCUT2D eigenvalue weighted by Crippen LogP contribution is -1.89. The van der Waals surface area contributed by atoms with E-state index < -0.39 is 16.9 Å². The topological polar surface area (TPSA) is 61.1 Å². The van der Waals surface area contributed by atoms with Gasteiger partial charge in [-0.3, -0.25) is 0 Å². The second-order valence-corrected chi connectivity index (χ2v) is 4.55. The third-order valence-corrected chi connectivity index (χ3v) is 3.14. The molecule has 0 saturated carbocycles. The van der Waals surface area contributed by atoms with Crippen LogP contribution >= 0.6 is 0 Å². The first kappa shape index (κ1) is 12.4. The fourth-order valence-corrected chi connectivity index (χ4v) is 1.94. The molecule has 0 amide bonds. The van der Waals surface area contributed by atoms with Crippen molar-refractivity contribution in [3.05, 3.63) is 53.8 Å². The van der Waals surface area contributed by atoms with Crippen LogP contribution in [-0.2, 0) is 11.1 Å². The van der Waals surface area contributed by atoms with Crippen LogP contribution < -0.4 is 0 Å². The zero-order chi connectivity index (χ0) is 13.1. The van der Waals surface area contributed by atoms with Gasteiger partial charge in [0.1, 0.15) is 5.82 Å². The van der Waals surface area contributed by atoms with E-state index in [2.05, 4.69) is 0 Å². The molecule has 1 atom stereocenters. The molecule has 0 heterocycles. The summed E-state index contributed by atoms with van der Waals surface area (Å²) in [6, 6.07) is 12.1. The van der Waals surface area contributed by atoms with Gasteiger partial charge in [0.25, 0.3) is 0 Å². The summed E-state index contributed by atoms with van der Waals surface area (Å²) in [4.78, 5) is 0.257. The second-order valence-electron chi connectivity index (χ2n) is 3.58. The number of nitriles is 1. The first-order valence-electron chi connectivity index (χ1n) is 5.03. The van der Waals surface area contributed by atoms with Crippen molar-refractivity contribution in [3.8, 4) is 17.2 Å². The fraction of sp³-hybridized carbons (Fsp3) is 0. The van der Waals surface area contributed by atoms with Crippen LogP contribution in [0.25, 0.3) is 11.1 Å². The third-order valence-electron chi connectivity index (χ3n) is 2.47. The van der Waals surface area contributed by atoms with Crippen molar-refractivity contribution in [1.82, 2.24) is 0 Å². The van der Waals surface area contributed by atoms with Gasteiger partial charge in [-0.2, -0.15) is 5.26 Å². The number of nitrogens with zero attached hydrogens (tertiary/aromatic N) is 1. The predicted molar refractivity (Wildman–Crippen MR) is 65.6 cm³/mol. The van der Waals surface area contributed by atoms with Crippen molar-refractivity contribution in [3.63, 3.8) is 0 Å². The highest BCUT2D eigenvalue weighted by molar-refractivity contribution is 7.79. The molecule has 18 heavy (non-hydrogen) atoms. The van der Waals surface area contributed by atoms with Crippen LogP contribution in [0.15, 0.2) is 47.4 Å². The molecule has 0 aliphatic heterocycles. The lowest BCUT2D eigenvalue weighted by molar-refractivity contribution is 0.564. The molecule has 1 N–H and O–H groups in total. The number of rotatable bonds is 2. The Hall–Kier alpha value is -2.03. The zero-order valence-electron chi connectivity index (χ0n) is 9.13. The summed E-state index contributed by atoms with van der Waals surface area (Å²) in [7, 11) is 0. The molecule has 0 aliphatic rings. The van der Waals surface area contributed by atoms with Crippen LogP contribution in [0.2, 0.25) is 0 Å². The largest absolute Gasteiger partial charge is 0.302 e. The first-order chi connectivity index (χ1) is 8.61. The van der Waals surface area contributed by atoms with Gasteiger partial charge in [-0.25, -0.2) is 8.60 Å². The van der Waals surface area contributed by atoms with Crippen LogP contribution in [0.5, 0.6) is 0 Å². The lowest BCUT2D eigenvalue weighted by atomic mass is 10.0. The molecule has 90 valence electrons. The molecular weight excluding hydrogens is 253 g/mol. The summed E-state index contributed by atoms with van der Waals surface area (Å²) in [5.74, 6) is -0.494. The number of benzene rings is 2. The van der Waals surface area contributed by atoms with E-state index in [1.165, 1.54) is 24.3 Å². The van der Waals surface area contributed by atoms with E-state index in [1.54, 1.807) is 12.1 Å². The highest BCUT2D eigenvalue weighted by atomic mass is 32.2. The van der Waals surface area contributed by atoms with Gasteiger partial charge in [-0.1, -0.05) is 18.2 Å². The van der Waals surface area contributed by atoms with E-state index >= 15 is 0 Å². The Morgan fingerprint density at radius 2 is 1.83 bits per heavy atom. The summed E-state index contributed by atoms with van der Waals surface area (Å²) in [6.45, 7) is 0. The van der Waals surface area contributed by atoms with Gasteiger partial charge in [0, 0.05) is 5.56 Å². The average Bonchev–Trinajstić information content (AvgIpc) is 2.38. The van der Waals surface area contributed by atoms with Gasteiger partial charge in [-0.15, -0.1) is 0 Å². The molecule has 2 aromatic rings. The summed E-state index contributed by atoms with van der Waals surface area (Å²) in [6.07, 6.45) is 0. The zero-order valence-corrected chi connectivity index (χ0v) is 9.95. The van der Waals surface area contributed by atoms with E-state index in [0.717, 1.165) is 6.07 Å². The number of halogens is 1. The normalized spacial score (nSPS) is 11.8. The van der Waals surface area contributed by atoms with Gasteiger partial charge in [0.2, 0.25) is 0 Å². The van der Waals surface area contributed by atoms with Crippen LogP contribution in [0.1, 0.15) is 5.56 Å². The summed E-state index contributed by atoms with van der Waals surface area (Å²) >= 11 is -2.04. The van der Waals surface area contributed by atoms with Crippen molar-refractivity contribution < 1.29 is 13.2 Å². The lowest BCUT2D eigenvalue weighted by Gasteiger charge is -2.04. The monoisotopic (exact) mass is 261 g/mol. The maximum atomic E-state index is 13.7. The van der Waals surface area contributed by atoms with E-state index in [9.17, 15) is 8.60 Å². The summed E-state index contributed by atoms with van der Waals surface area (Å²) in [5, 5.41) is 8.64. The minimum absolute atomic E-state index is 0.254. The molecule has 5 heteroatoms. The van der Waals surface area contributed by atoms with Gasteiger partial charge in [0.05, 0.1) is 16.5 Å². The van der Waals surface area contributed by atoms with Gasteiger partial charge in [0.15, 0.2) is 11.1 Å². The van der Waals surface area contributed by atoms with Crippen LogP contribution in [0, 0.1) is 17.1 Å². The molecule has 0 saturated heterocycles. The van der Waals surface area contributed by atoms with Gasteiger partial charge < -0.3 is 4.55 Å². The quantitative estimate of drug-likeness (QED) is 0.845. The molecule has 0 aromatic heterocycles. The molecular formula is C13H8FNO2S. The smallest absolute Gasteiger partial charge is 0.186 e. The fourth-order valence-electron chi connectivity index (χ4n) is 1.57. The van der Waals surface area contributed by atoms with Crippen molar-refractivity contribution in [2.45, 2.75) is 4.90 Å². The first-order valence-corrected chi connectivity index (χ1v) is 6.13. The summed E-state index contributed by atoms with van der Waals surface area (Å²) < 4.78 is 33.4. The molecule has 0 aliphatic carbocycles. The van der Waals surface area contributed by atoms with E-state index in [-0.39, 0.29) is 10.5 Å². The maximum Gasteiger partial charge on any atom is 0.186 e. The Balaban J connectivity index is 2.43. The SMILES string of the molecule is N#Cc1ccc(-c2ccc(S(=O)O)cc2)c(F)c1. The Morgan fingerprint density at radius 3 is 2.33 bits per heavy atom. The number of hydrogen-bond acceptors (Lipinski definition) is 2. The van der Waals surface area contributed by atoms with E-state index in [4.69, 9.17) is 9.81 Å². The van der Waals surface area contributed by atoms with Crippen molar-refractivity contribution in [2.75, 3.05) is 0 Å². The minimum atomic E-state index is -2.04. The molecule has 2 aromatic carbocycles.